The Morgan fingerprint density at radius 2 is 1.67 bits per heavy atom. The van der Waals surface area contributed by atoms with Crippen LogP contribution < -0.4 is 0 Å². The van der Waals surface area contributed by atoms with E-state index in [1.54, 1.807) is 0 Å². The van der Waals surface area contributed by atoms with Gasteiger partial charge >= 0.3 is 5.97 Å². The SMILES string of the molecule is CC1(C)[C@@H](O)CC[C@]2(C)[C@H]3C(=O)C=C4[C@H]5C[C@@](C)(C(=O)OCC(O)CO)CC[C@]5(C)CC[C@@]4(C)[C@]3(C)CC[C@@H]12. The third kappa shape index (κ3) is 3.97. The molecule has 5 aliphatic rings. The first-order valence-electron chi connectivity index (χ1n) is 15.4. The fraction of sp³-hybridized carbons (Fsp3) is 0.879. The summed E-state index contributed by atoms with van der Waals surface area (Å²) in [5.74, 6) is 0.322. The van der Waals surface area contributed by atoms with Crippen molar-refractivity contribution in [3.05, 3.63) is 11.6 Å². The van der Waals surface area contributed by atoms with E-state index in [9.17, 15) is 19.8 Å². The Bertz CT molecular complexity index is 1060. The Kier molecular flexibility index (Phi) is 6.85. The van der Waals surface area contributed by atoms with Crippen molar-refractivity contribution in [3.63, 3.8) is 0 Å². The van der Waals surface area contributed by atoms with Crippen LogP contribution in [0.2, 0.25) is 0 Å². The molecular formula is C33H52O6. The van der Waals surface area contributed by atoms with Gasteiger partial charge in [0.05, 0.1) is 18.1 Å². The van der Waals surface area contributed by atoms with Crippen LogP contribution in [0.25, 0.3) is 0 Å². The molecule has 0 aromatic heterocycles. The second-order valence-corrected chi connectivity index (χ2v) is 16.1. The molecule has 1 unspecified atom stereocenters. The lowest BCUT2D eigenvalue weighted by Gasteiger charge is -2.70. The molecule has 0 aromatic rings. The molecule has 0 saturated heterocycles. The first-order chi connectivity index (χ1) is 18.0. The van der Waals surface area contributed by atoms with Crippen molar-refractivity contribution < 1.29 is 29.6 Å². The Morgan fingerprint density at radius 1 is 1.00 bits per heavy atom. The largest absolute Gasteiger partial charge is 0.462 e. The van der Waals surface area contributed by atoms with E-state index < -0.39 is 18.1 Å². The number of hydrogen-bond acceptors (Lipinski definition) is 6. The topological polar surface area (TPSA) is 104 Å². The van der Waals surface area contributed by atoms with Gasteiger partial charge in [0.25, 0.3) is 0 Å². The summed E-state index contributed by atoms with van der Waals surface area (Å²) >= 11 is 0. The lowest BCUT2D eigenvalue weighted by atomic mass is 9.33. The average molecular weight is 545 g/mol. The van der Waals surface area contributed by atoms with Crippen molar-refractivity contribution in [1.29, 1.82) is 0 Å². The summed E-state index contributed by atoms with van der Waals surface area (Å²) in [6, 6.07) is 0. The summed E-state index contributed by atoms with van der Waals surface area (Å²) < 4.78 is 5.48. The van der Waals surface area contributed by atoms with Gasteiger partial charge in [-0.1, -0.05) is 47.1 Å². The number of hydrogen-bond donors (Lipinski definition) is 3. The molecule has 6 nitrogen and oxygen atoms in total. The van der Waals surface area contributed by atoms with Crippen molar-refractivity contribution in [2.24, 2.45) is 50.2 Å². The van der Waals surface area contributed by atoms with E-state index in [0.29, 0.717) is 12.3 Å². The number of rotatable bonds is 4. The molecule has 4 saturated carbocycles. The molecule has 6 heteroatoms. The van der Waals surface area contributed by atoms with Crippen LogP contribution in [0.3, 0.4) is 0 Å². The van der Waals surface area contributed by atoms with Gasteiger partial charge in [0, 0.05) is 5.92 Å². The molecular weight excluding hydrogens is 492 g/mol. The summed E-state index contributed by atoms with van der Waals surface area (Å²) in [5, 5.41) is 29.8. The summed E-state index contributed by atoms with van der Waals surface area (Å²) in [6.45, 7) is 15.2. The summed E-state index contributed by atoms with van der Waals surface area (Å²) in [6.07, 6.45) is 8.69. The van der Waals surface area contributed by atoms with Gasteiger partial charge in [0.15, 0.2) is 5.78 Å². The molecule has 5 rings (SSSR count). The van der Waals surface area contributed by atoms with E-state index in [0.717, 1.165) is 51.4 Å². The highest BCUT2D eigenvalue weighted by Gasteiger charge is 2.70. The van der Waals surface area contributed by atoms with Crippen LogP contribution in [-0.2, 0) is 14.3 Å². The van der Waals surface area contributed by atoms with Gasteiger partial charge in [0.1, 0.15) is 12.7 Å². The number of ether oxygens (including phenoxy) is 1. The Labute approximate surface area is 235 Å². The van der Waals surface area contributed by atoms with Crippen molar-refractivity contribution in [3.8, 4) is 0 Å². The van der Waals surface area contributed by atoms with Crippen LogP contribution in [0.1, 0.15) is 106 Å². The summed E-state index contributed by atoms with van der Waals surface area (Å²) in [7, 11) is 0. The van der Waals surface area contributed by atoms with Gasteiger partial charge in [-0.05, 0) is 110 Å². The Morgan fingerprint density at radius 3 is 2.33 bits per heavy atom. The van der Waals surface area contributed by atoms with Gasteiger partial charge in [-0.25, -0.2) is 0 Å². The minimum atomic E-state index is -1.07. The quantitative estimate of drug-likeness (QED) is 0.419. The minimum absolute atomic E-state index is 0.0390. The van der Waals surface area contributed by atoms with E-state index in [1.165, 1.54) is 5.57 Å². The number of esters is 1. The van der Waals surface area contributed by atoms with Gasteiger partial charge in [-0.2, -0.15) is 0 Å². The molecule has 5 aliphatic carbocycles. The number of ketones is 1. The van der Waals surface area contributed by atoms with E-state index in [2.05, 4.69) is 41.5 Å². The molecule has 0 aromatic carbocycles. The van der Waals surface area contributed by atoms with Crippen molar-refractivity contribution in [2.45, 2.75) is 118 Å². The van der Waals surface area contributed by atoms with Crippen molar-refractivity contribution >= 4 is 11.8 Å². The maximum absolute atomic E-state index is 14.4. The molecule has 0 bridgehead atoms. The number of aliphatic hydroxyl groups excluding tert-OH is 3. The highest BCUT2D eigenvalue weighted by atomic mass is 16.5. The lowest BCUT2D eigenvalue weighted by molar-refractivity contribution is -0.202. The second kappa shape index (κ2) is 9.13. The summed E-state index contributed by atoms with van der Waals surface area (Å²) in [4.78, 5) is 27.7. The van der Waals surface area contributed by atoms with Crippen LogP contribution in [0, 0.1) is 50.2 Å². The smallest absolute Gasteiger partial charge is 0.311 e. The molecule has 0 aliphatic heterocycles. The van der Waals surface area contributed by atoms with Crippen LogP contribution >= 0.6 is 0 Å². The average Bonchev–Trinajstić information content (AvgIpc) is 2.87. The van der Waals surface area contributed by atoms with Crippen LogP contribution in [0.5, 0.6) is 0 Å². The monoisotopic (exact) mass is 544 g/mol. The molecule has 0 amide bonds. The molecule has 0 radical (unpaired) electrons. The standard InChI is InChI=1S/C33H52O6/c1-28(2)24-8-11-33(7)26(31(24,5)10-9-25(28)37)23(36)16-21-22-17-30(4,27(38)39-19-20(35)18-34)13-12-29(22,3)14-15-32(21,33)6/h16,20,22,24-26,34-35,37H,8-15,17-19H2,1-7H3/t20?,22-,24+,25+,26-,29-,30+,31+,32-,33-/m1/s1. The van der Waals surface area contributed by atoms with Gasteiger partial charge < -0.3 is 20.1 Å². The van der Waals surface area contributed by atoms with Crippen LogP contribution in [0.4, 0.5) is 0 Å². The summed E-state index contributed by atoms with van der Waals surface area (Å²) in [5.41, 5.74) is -0.0375. The molecule has 220 valence electrons. The first-order valence-corrected chi connectivity index (χ1v) is 15.4. The second-order valence-electron chi connectivity index (χ2n) is 16.1. The maximum Gasteiger partial charge on any atom is 0.311 e. The number of fused-ring (bicyclic) bond motifs is 7. The van der Waals surface area contributed by atoms with Gasteiger partial charge in [0.2, 0.25) is 0 Å². The molecule has 3 N–H and O–H groups in total. The van der Waals surface area contributed by atoms with Crippen molar-refractivity contribution in [1.82, 2.24) is 0 Å². The third-order valence-corrected chi connectivity index (χ3v) is 13.7. The Hall–Kier alpha value is -1.24. The number of carbonyl (C=O) groups excluding carboxylic acids is 2. The molecule has 4 fully saturated rings. The predicted octanol–water partition coefficient (Wildman–Crippen LogP) is 5.22. The zero-order valence-electron chi connectivity index (χ0n) is 25.3. The third-order valence-electron chi connectivity index (χ3n) is 13.7. The van der Waals surface area contributed by atoms with Gasteiger partial charge in [-0.3, -0.25) is 9.59 Å². The van der Waals surface area contributed by atoms with Crippen LogP contribution in [0.15, 0.2) is 11.6 Å². The predicted molar refractivity (Wildman–Crippen MR) is 149 cm³/mol. The van der Waals surface area contributed by atoms with E-state index in [4.69, 9.17) is 9.84 Å². The highest BCUT2D eigenvalue weighted by Crippen LogP contribution is 2.75. The van der Waals surface area contributed by atoms with Gasteiger partial charge in [-0.15, -0.1) is 0 Å². The van der Waals surface area contributed by atoms with Crippen molar-refractivity contribution in [2.75, 3.05) is 13.2 Å². The lowest BCUT2D eigenvalue weighted by Crippen LogP contribution is -2.66. The molecule has 10 atom stereocenters. The van der Waals surface area contributed by atoms with E-state index >= 15 is 0 Å². The first kappa shape index (κ1) is 29.3. The zero-order chi connectivity index (χ0) is 28.8. The fourth-order valence-electron chi connectivity index (χ4n) is 10.8. The van der Waals surface area contributed by atoms with Crippen LogP contribution in [-0.4, -0.2) is 52.5 Å². The number of carbonyl (C=O) groups is 2. The molecule has 0 spiro atoms. The van der Waals surface area contributed by atoms with E-state index in [1.807, 2.05) is 13.0 Å². The van der Waals surface area contributed by atoms with E-state index in [-0.39, 0.29) is 63.4 Å². The normalized spacial score (nSPS) is 49.5. The fourth-order valence-corrected chi connectivity index (χ4v) is 10.8. The maximum atomic E-state index is 14.4. The number of allylic oxidation sites excluding steroid dienone is 2. The molecule has 0 heterocycles. The Balaban J connectivity index is 1.52. The minimum Gasteiger partial charge on any atom is -0.462 e. The molecule has 39 heavy (non-hydrogen) atoms. The number of aliphatic hydroxyl groups is 3. The zero-order valence-corrected chi connectivity index (χ0v) is 25.3. The highest BCUT2D eigenvalue weighted by molar-refractivity contribution is 5.95.